The Balaban J connectivity index is 2.44. The molecule has 0 spiro atoms. The monoisotopic (exact) mass is 264 g/mol. The van der Waals surface area contributed by atoms with E-state index in [0.717, 1.165) is 5.56 Å². The van der Waals surface area contributed by atoms with Crippen LogP contribution in [0.2, 0.25) is 5.02 Å². The predicted octanol–water partition coefficient (Wildman–Crippen LogP) is 3.08. The number of rotatable bonds is 7. The average molecular weight is 265 g/mol. The summed E-state index contributed by atoms with van der Waals surface area (Å²) in [5.74, 6) is 0.965. The van der Waals surface area contributed by atoms with Gasteiger partial charge >= 0.3 is 0 Å². The molecule has 1 aromatic rings. The van der Waals surface area contributed by atoms with Crippen molar-refractivity contribution < 1.29 is 14.2 Å². The highest BCUT2D eigenvalue weighted by Gasteiger charge is 2.06. The number of ether oxygens (including phenoxy) is 3. The fourth-order valence-corrected chi connectivity index (χ4v) is 1.69. The minimum Gasteiger partial charge on any atom is -0.467 e. The van der Waals surface area contributed by atoms with Crippen molar-refractivity contribution in [2.75, 3.05) is 27.1 Å². The molecular formula is C11H14Cl2O3. The van der Waals surface area contributed by atoms with Crippen LogP contribution in [-0.2, 0) is 15.4 Å². The Kier molecular flexibility index (Phi) is 6.57. The molecule has 90 valence electrons. The summed E-state index contributed by atoms with van der Waals surface area (Å²) in [6, 6.07) is 5.39. The van der Waals surface area contributed by atoms with Crippen LogP contribution < -0.4 is 4.74 Å². The second-order valence-corrected chi connectivity index (χ2v) is 3.69. The van der Waals surface area contributed by atoms with Crippen LogP contribution in [0.5, 0.6) is 5.75 Å². The van der Waals surface area contributed by atoms with E-state index in [1.165, 1.54) is 0 Å². The van der Waals surface area contributed by atoms with Crippen LogP contribution in [0.3, 0.4) is 0 Å². The van der Waals surface area contributed by atoms with Gasteiger partial charge in [0.25, 0.3) is 0 Å². The standard InChI is InChI=1S/C11H14Cl2O3/c1-14-5-6-15-8-16-11-4-2-3-10(13)9(11)7-12/h2-4H,5-8H2,1H3. The van der Waals surface area contributed by atoms with E-state index >= 15 is 0 Å². The van der Waals surface area contributed by atoms with E-state index in [9.17, 15) is 0 Å². The number of hydrogen-bond acceptors (Lipinski definition) is 3. The quantitative estimate of drug-likeness (QED) is 0.431. The zero-order valence-corrected chi connectivity index (χ0v) is 10.6. The number of halogens is 2. The van der Waals surface area contributed by atoms with Crippen molar-refractivity contribution in [1.29, 1.82) is 0 Å². The first-order valence-electron chi connectivity index (χ1n) is 4.82. The van der Waals surface area contributed by atoms with Crippen molar-refractivity contribution in [1.82, 2.24) is 0 Å². The molecule has 0 radical (unpaired) electrons. The van der Waals surface area contributed by atoms with Gasteiger partial charge in [0.05, 0.1) is 19.1 Å². The van der Waals surface area contributed by atoms with Crippen LogP contribution in [0.15, 0.2) is 18.2 Å². The number of benzene rings is 1. The lowest BCUT2D eigenvalue weighted by molar-refractivity contribution is -0.00878. The van der Waals surface area contributed by atoms with Crippen molar-refractivity contribution in [3.63, 3.8) is 0 Å². The van der Waals surface area contributed by atoms with Gasteiger partial charge in [0.15, 0.2) is 6.79 Å². The normalized spacial score (nSPS) is 10.4. The van der Waals surface area contributed by atoms with Gasteiger partial charge in [-0.1, -0.05) is 17.7 Å². The van der Waals surface area contributed by atoms with Gasteiger partial charge in [-0.2, -0.15) is 0 Å². The molecule has 5 heteroatoms. The van der Waals surface area contributed by atoms with Crippen molar-refractivity contribution in [2.24, 2.45) is 0 Å². The van der Waals surface area contributed by atoms with Gasteiger partial charge in [0.2, 0.25) is 0 Å². The molecule has 0 fully saturated rings. The van der Waals surface area contributed by atoms with Crippen molar-refractivity contribution in [2.45, 2.75) is 5.88 Å². The molecular weight excluding hydrogens is 251 g/mol. The maximum atomic E-state index is 5.97. The molecule has 0 aliphatic rings. The molecule has 0 N–H and O–H groups in total. The zero-order chi connectivity index (χ0) is 11.8. The van der Waals surface area contributed by atoms with E-state index < -0.39 is 0 Å². The second-order valence-electron chi connectivity index (χ2n) is 3.01. The van der Waals surface area contributed by atoms with Crippen LogP contribution in [-0.4, -0.2) is 27.1 Å². The van der Waals surface area contributed by atoms with Gasteiger partial charge in [-0.25, -0.2) is 0 Å². The van der Waals surface area contributed by atoms with E-state index in [1.54, 1.807) is 13.2 Å². The Bertz CT molecular complexity index is 318. The van der Waals surface area contributed by atoms with Gasteiger partial charge < -0.3 is 14.2 Å². The molecule has 0 saturated heterocycles. The summed E-state index contributed by atoms with van der Waals surface area (Å²) in [6.45, 7) is 1.20. The van der Waals surface area contributed by atoms with Crippen molar-refractivity contribution in [3.8, 4) is 5.75 Å². The second kappa shape index (κ2) is 7.74. The molecule has 0 unspecified atom stereocenters. The minimum atomic E-state index is 0.160. The van der Waals surface area contributed by atoms with Gasteiger partial charge in [-0.05, 0) is 12.1 Å². The topological polar surface area (TPSA) is 27.7 Å². The molecule has 1 rings (SSSR count). The van der Waals surface area contributed by atoms with Crippen LogP contribution >= 0.6 is 23.2 Å². The maximum Gasteiger partial charge on any atom is 0.189 e. The van der Waals surface area contributed by atoms with Crippen LogP contribution in [0.25, 0.3) is 0 Å². The first kappa shape index (κ1) is 13.6. The smallest absolute Gasteiger partial charge is 0.189 e. The largest absolute Gasteiger partial charge is 0.467 e. The van der Waals surface area contributed by atoms with Crippen LogP contribution in [0, 0.1) is 0 Å². The van der Waals surface area contributed by atoms with Gasteiger partial charge in [-0.3, -0.25) is 0 Å². The molecule has 3 nitrogen and oxygen atoms in total. The molecule has 0 aliphatic carbocycles. The van der Waals surface area contributed by atoms with Gasteiger partial charge in [-0.15, -0.1) is 11.6 Å². The molecule has 0 amide bonds. The predicted molar refractivity (Wildman–Crippen MR) is 64.3 cm³/mol. The first-order chi connectivity index (χ1) is 7.79. The molecule has 1 aromatic carbocycles. The Labute approximate surface area is 105 Å². The Morgan fingerprint density at radius 1 is 1.25 bits per heavy atom. The van der Waals surface area contributed by atoms with E-state index in [-0.39, 0.29) is 6.79 Å². The van der Waals surface area contributed by atoms with E-state index in [4.69, 9.17) is 37.4 Å². The zero-order valence-electron chi connectivity index (χ0n) is 9.04. The third kappa shape index (κ3) is 4.18. The van der Waals surface area contributed by atoms with E-state index in [0.29, 0.717) is 29.9 Å². The number of alkyl halides is 1. The summed E-state index contributed by atoms with van der Waals surface area (Å²) < 4.78 is 15.4. The third-order valence-corrected chi connectivity index (χ3v) is 2.56. The van der Waals surface area contributed by atoms with E-state index in [1.807, 2.05) is 12.1 Å². The van der Waals surface area contributed by atoms with Crippen molar-refractivity contribution >= 4 is 23.2 Å². The summed E-state index contributed by atoms with van der Waals surface area (Å²) in [5, 5.41) is 0.601. The molecule has 0 atom stereocenters. The van der Waals surface area contributed by atoms with Crippen molar-refractivity contribution in [3.05, 3.63) is 28.8 Å². The summed E-state index contributed by atoms with van der Waals surface area (Å²) >= 11 is 11.7. The highest BCUT2D eigenvalue weighted by Crippen LogP contribution is 2.27. The fraction of sp³-hybridized carbons (Fsp3) is 0.455. The summed E-state index contributed by atoms with van der Waals surface area (Å²) in [4.78, 5) is 0. The number of hydrogen-bond donors (Lipinski definition) is 0. The third-order valence-electron chi connectivity index (χ3n) is 1.94. The number of methoxy groups -OCH3 is 1. The van der Waals surface area contributed by atoms with Crippen LogP contribution in [0.4, 0.5) is 0 Å². The minimum absolute atomic E-state index is 0.160. The lowest BCUT2D eigenvalue weighted by atomic mass is 10.2. The van der Waals surface area contributed by atoms with Gasteiger partial charge in [0.1, 0.15) is 5.75 Å². The Morgan fingerprint density at radius 2 is 2.06 bits per heavy atom. The molecule has 0 bridgehead atoms. The Hall–Kier alpha value is -0.480. The highest BCUT2D eigenvalue weighted by molar-refractivity contribution is 6.32. The lowest BCUT2D eigenvalue weighted by Crippen LogP contribution is -2.08. The molecule has 0 aromatic heterocycles. The Morgan fingerprint density at radius 3 is 2.75 bits per heavy atom. The lowest BCUT2D eigenvalue weighted by Gasteiger charge is -2.11. The van der Waals surface area contributed by atoms with Crippen LogP contribution in [0.1, 0.15) is 5.56 Å². The van der Waals surface area contributed by atoms with Gasteiger partial charge in [0, 0.05) is 17.7 Å². The summed E-state index contributed by atoms with van der Waals surface area (Å²) in [5.41, 5.74) is 0.779. The highest BCUT2D eigenvalue weighted by atomic mass is 35.5. The van der Waals surface area contributed by atoms with E-state index in [2.05, 4.69) is 0 Å². The molecule has 16 heavy (non-hydrogen) atoms. The maximum absolute atomic E-state index is 5.97. The average Bonchev–Trinajstić information content (AvgIpc) is 2.29. The molecule has 0 aliphatic heterocycles. The summed E-state index contributed by atoms with van der Waals surface area (Å²) in [6.07, 6.45) is 0. The molecule has 0 saturated carbocycles. The molecule has 0 heterocycles. The fourth-order valence-electron chi connectivity index (χ4n) is 1.11. The first-order valence-corrected chi connectivity index (χ1v) is 5.73. The SMILES string of the molecule is COCCOCOc1cccc(Cl)c1CCl. The summed E-state index contributed by atoms with van der Waals surface area (Å²) in [7, 11) is 1.62.